The van der Waals surface area contributed by atoms with Gasteiger partial charge in [-0.25, -0.2) is 0 Å². The lowest BCUT2D eigenvalue weighted by Gasteiger charge is -2.26. The number of halogens is 7. The highest BCUT2D eigenvalue weighted by Crippen LogP contribution is 2.38. The number of aliphatic imine (C=N–C) groups is 1. The number of allylic oxidation sites excluding steroid dienone is 7. The molecule has 1 atom stereocenters. The summed E-state index contributed by atoms with van der Waals surface area (Å²) in [6.45, 7) is 15.2. The second kappa shape index (κ2) is 18.5. The van der Waals surface area contributed by atoms with Crippen molar-refractivity contribution in [2.75, 3.05) is 0 Å². The Balaban J connectivity index is 0.000000649. The lowest BCUT2D eigenvalue weighted by atomic mass is 9.77. The quantitative estimate of drug-likeness (QED) is 0.161. The third-order valence-electron chi connectivity index (χ3n) is 6.75. The third kappa shape index (κ3) is 12.5. The molecule has 0 radical (unpaired) electrons. The van der Waals surface area contributed by atoms with Crippen molar-refractivity contribution in [2.45, 2.75) is 86.0 Å². The Labute approximate surface area is 267 Å². The predicted molar refractivity (Wildman–Crippen MR) is 173 cm³/mol. The van der Waals surface area contributed by atoms with Crippen LogP contribution >= 0.6 is 11.6 Å². The van der Waals surface area contributed by atoms with Crippen LogP contribution in [0.4, 0.5) is 32.0 Å². The average Bonchev–Trinajstić information content (AvgIpc) is 2.99. The Morgan fingerprint density at radius 2 is 1.76 bits per heavy atom. The minimum Gasteiger partial charge on any atom is -0.294 e. The summed E-state index contributed by atoms with van der Waals surface area (Å²) in [5.41, 5.74) is 2.60. The zero-order valence-corrected chi connectivity index (χ0v) is 27.3. The molecule has 0 saturated carbocycles. The topological polar surface area (TPSA) is 42.3 Å². The van der Waals surface area contributed by atoms with E-state index in [1.165, 1.54) is 12.1 Å². The lowest BCUT2D eigenvalue weighted by molar-refractivity contribution is -0.137. The van der Waals surface area contributed by atoms with Crippen molar-refractivity contribution >= 4 is 34.9 Å². The summed E-state index contributed by atoms with van der Waals surface area (Å²) in [7, 11) is 0. The minimum atomic E-state index is -4.58. The Morgan fingerprint density at radius 1 is 1.09 bits per heavy atom. The van der Waals surface area contributed by atoms with E-state index in [0.717, 1.165) is 60.5 Å². The number of Topliss-reactive ketones (excluding diaryl/α,β-unsaturated/α-hetero) is 1. The van der Waals surface area contributed by atoms with Crippen molar-refractivity contribution in [3.8, 4) is 0 Å². The molecule has 3 nitrogen and oxygen atoms in total. The Bertz CT molecular complexity index is 1400. The van der Waals surface area contributed by atoms with Crippen LogP contribution in [-0.2, 0) is 17.4 Å². The monoisotopic (exact) mass is 654 g/mol. The van der Waals surface area contributed by atoms with Crippen molar-refractivity contribution in [2.24, 2.45) is 10.9 Å². The molecule has 0 amide bonds. The number of carbonyl (C=O) groups is 1. The van der Waals surface area contributed by atoms with Gasteiger partial charge in [-0.05, 0) is 86.1 Å². The SMILES string of the molecule is C=CC1=C(c2ccc(N=C/C(=C\C(Cl)=C\C)C(F)(F)F)cc2CC)C(=O)CC(CCC)C1.CC.Cc1ccc(C(F)(F)F)cn1. The maximum atomic E-state index is 13.3. The Morgan fingerprint density at radius 3 is 2.24 bits per heavy atom. The summed E-state index contributed by atoms with van der Waals surface area (Å²) < 4.78 is 75.5. The first-order valence-corrected chi connectivity index (χ1v) is 15.2. The highest BCUT2D eigenvalue weighted by Gasteiger charge is 2.33. The standard InChI is InChI=1S/C26H29ClF3NO.C7H6F3N.C2H6/c1-5-9-17-12-19(7-3)25(24(32)13-17)23-11-10-22(14-18(23)6-2)31-16-20(26(28,29)30)15-21(27)8-4;1-5-2-3-6(4-11-5)7(8,9)10;1-2/h7-8,10-11,14-17H,3,5-6,9,12-13H2,1-2,4H3;2-4H,1H3;1-2H3/b20-15+,21-8-,31-16?;;. The summed E-state index contributed by atoms with van der Waals surface area (Å²) >= 11 is 5.75. The van der Waals surface area contributed by atoms with Crippen LogP contribution in [0.25, 0.3) is 5.57 Å². The smallest absolute Gasteiger partial charge is 0.294 e. The summed E-state index contributed by atoms with van der Waals surface area (Å²) in [4.78, 5) is 20.5. The van der Waals surface area contributed by atoms with Gasteiger partial charge < -0.3 is 0 Å². The second-order valence-corrected chi connectivity index (χ2v) is 10.4. The van der Waals surface area contributed by atoms with E-state index < -0.39 is 23.5 Å². The van der Waals surface area contributed by atoms with Crippen molar-refractivity contribution in [1.82, 2.24) is 4.98 Å². The van der Waals surface area contributed by atoms with Crippen molar-refractivity contribution < 1.29 is 31.1 Å². The van der Waals surface area contributed by atoms with E-state index in [0.29, 0.717) is 35.7 Å². The molecule has 246 valence electrons. The molecule has 3 rings (SSSR count). The van der Waals surface area contributed by atoms with Gasteiger partial charge in [0.2, 0.25) is 0 Å². The number of pyridine rings is 1. The number of ketones is 1. The van der Waals surface area contributed by atoms with Gasteiger partial charge in [0, 0.05) is 35.1 Å². The van der Waals surface area contributed by atoms with Crippen molar-refractivity contribution in [1.29, 1.82) is 0 Å². The van der Waals surface area contributed by atoms with Gasteiger partial charge in [-0.15, -0.1) is 0 Å². The van der Waals surface area contributed by atoms with Crippen LogP contribution in [0.1, 0.15) is 82.7 Å². The molecule has 1 aromatic carbocycles. The molecule has 2 aromatic rings. The third-order valence-corrected chi connectivity index (χ3v) is 7.08. The molecule has 0 aliphatic heterocycles. The number of hydrogen-bond acceptors (Lipinski definition) is 3. The maximum Gasteiger partial charge on any atom is 0.417 e. The van der Waals surface area contributed by atoms with E-state index in [1.54, 1.807) is 38.1 Å². The first kappa shape index (κ1) is 39.6. The van der Waals surface area contributed by atoms with Gasteiger partial charge in [-0.1, -0.05) is 70.5 Å². The average molecular weight is 655 g/mol. The minimum absolute atomic E-state index is 0.0190. The fourth-order valence-electron chi connectivity index (χ4n) is 4.55. The number of alkyl halides is 6. The molecule has 10 heteroatoms. The zero-order valence-electron chi connectivity index (χ0n) is 26.5. The van der Waals surface area contributed by atoms with Crippen LogP contribution in [0.3, 0.4) is 0 Å². The van der Waals surface area contributed by atoms with Crippen molar-refractivity contribution in [3.05, 3.63) is 99.9 Å². The molecule has 45 heavy (non-hydrogen) atoms. The van der Waals surface area contributed by atoms with Crippen LogP contribution in [0.5, 0.6) is 0 Å². The molecular formula is C35H41ClF6N2O. The van der Waals surface area contributed by atoms with E-state index in [1.807, 2.05) is 20.8 Å². The predicted octanol–water partition coefficient (Wildman–Crippen LogP) is 11.7. The van der Waals surface area contributed by atoms with Gasteiger partial charge in [-0.3, -0.25) is 14.8 Å². The largest absolute Gasteiger partial charge is 0.417 e. The van der Waals surface area contributed by atoms with E-state index in [2.05, 4.69) is 23.5 Å². The number of rotatable bonds is 8. The molecule has 1 aliphatic carbocycles. The first-order chi connectivity index (χ1) is 21.1. The van der Waals surface area contributed by atoms with E-state index in [4.69, 9.17) is 11.6 Å². The van der Waals surface area contributed by atoms with Gasteiger partial charge >= 0.3 is 12.4 Å². The van der Waals surface area contributed by atoms with Crippen LogP contribution in [0, 0.1) is 12.8 Å². The number of aryl methyl sites for hydroxylation is 2. The molecule has 0 spiro atoms. The number of hydrogen-bond donors (Lipinski definition) is 0. The molecule has 0 N–H and O–H groups in total. The summed E-state index contributed by atoms with van der Waals surface area (Å²) in [6.07, 6.45) is 0.685. The number of aromatic nitrogens is 1. The van der Waals surface area contributed by atoms with Crippen LogP contribution in [0.2, 0.25) is 0 Å². The molecule has 0 fully saturated rings. The molecule has 0 bridgehead atoms. The first-order valence-electron chi connectivity index (χ1n) is 14.8. The highest BCUT2D eigenvalue weighted by molar-refractivity contribution is 6.31. The Kier molecular flexibility index (Phi) is 16.3. The van der Waals surface area contributed by atoms with E-state index in [-0.39, 0.29) is 10.8 Å². The molecule has 1 aromatic heterocycles. The van der Waals surface area contributed by atoms with E-state index >= 15 is 0 Å². The molecule has 1 heterocycles. The molecule has 1 unspecified atom stereocenters. The molecular weight excluding hydrogens is 614 g/mol. The van der Waals surface area contributed by atoms with Gasteiger partial charge in [0.15, 0.2) is 5.78 Å². The molecule has 0 saturated heterocycles. The lowest BCUT2D eigenvalue weighted by Crippen LogP contribution is -2.19. The van der Waals surface area contributed by atoms with Crippen LogP contribution in [-0.4, -0.2) is 23.2 Å². The van der Waals surface area contributed by atoms with Gasteiger partial charge in [0.05, 0.1) is 16.8 Å². The summed E-state index contributed by atoms with van der Waals surface area (Å²) in [6, 6.07) is 7.50. The van der Waals surface area contributed by atoms with Crippen molar-refractivity contribution in [3.63, 3.8) is 0 Å². The van der Waals surface area contributed by atoms with Crippen LogP contribution < -0.4 is 0 Å². The number of carbonyl (C=O) groups excluding carboxylic acids is 1. The highest BCUT2D eigenvalue weighted by atomic mass is 35.5. The van der Waals surface area contributed by atoms with Gasteiger partial charge in [-0.2, -0.15) is 26.3 Å². The fourth-order valence-corrected chi connectivity index (χ4v) is 4.67. The normalized spacial score (nSPS) is 16.2. The number of nitrogens with zero attached hydrogens (tertiary/aromatic N) is 2. The summed E-state index contributed by atoms with van der Waals surface area (Å²) in [5, 5.41) is -0.0190. The number of benzene rings is 1. The maximum absolute atomic E-state index is 13.3. The summed E-state index contributed by atoms with van der Waals surface area (Å²) in [5.74, 6) is 0.425. The van der Waals surface area contributed by atoms with E-state index in [9.17, 15) is 31.1 Å². The second-order valence-electron chi connectivity index (χ2n) is 10.0. The fraction of sp³-hybridized carbons (Fsp3) is 0.400. The Hall–Kier alpha value is -3.46. The zero-order chi connectivity index (χ0) is 34.4. The van der Waals surface area contributed by atoms with Gasteiger partial charge in [0.25, 0.3) is 0 Å². The molecule has 1 aliphatic rings. The van der Waals surface area contributed by atoms with Gasteiger partial charge in [0.1, 0.15) is 0 Å². The van der Waals surface area contributed by atoms with Crippen LogP contribution in [0.15, 0.2) is 82.5 Å².